The summed E-state index contributed by atoms with van der Waals surface area (Å²) in [5, 5.41) is 9.40. The van der Waals surface area contributed by atoms with Gasteiger partial charge in [-0.25, -0.2) is 0 Å². The number of amides is 1. The zero-order valence-corrected chi connectivity index (χ0v) is 19.3. The molecule has 1 aromatic carbocycles. The van der Waals surface area contributed by atoms with Crippen LogP contribution in [0.2, 0.25) is 0 Å². The molecule has 1 heterocycles. The van der Waals surface area contributed by atoms with E-state index in [9.17, 15) is 4.79 Å². The van der Waals surface area contributed by atoms with Crippen molar-refractivity contribution in [1.29, 1.82) is 0 Å². The molecule has 0 unspecified atom stereocenters. The fourth-order valence-corrected chi connectivity index (χ4v) is 2.70. The first kappa shape index (κ1) is 23.5. The lowest BCUT2D eigenvalue weighted by Gasteiger charge is -2.10. The lowest BCUT2D eigenvalue weighted by atomic mass is 10.2. The van der Waals surface area contributed by atoms with Crippen molar-refractivity contribution in [1.82, 2.24) is 16.0 Å². The van der Waals surface area contributed by atoms with Gasteiger partial charge in [-0.05, 0) is 43.7 Å². The van der Waals surface area contributed by atoms with Crippen molar-refractivity contribution < 1.29 is 9.21 Å². The molecular formula is C19H26BrIN4O2. The van der Waals surface area contributed by atoms with Crippen molar-refractivity contribution >= 4 is 51.8 Å². The Hall–Kier alpha value is -1.55. The van der Waals surface area contributed by atoms with E-state index in [0.717, 1.165) is 42.1 Å². The molecule has 0 saturated carbocycles. The van der Waals surface area contributed by atoms with Crippen LogP contribution in [0.25, 0.3) is 0 Å². The summed E-state index contributed by atoms with van der Waals surface area (Å²) in [5.41, 5.74) is 0.649. The Bertz CT molecular complexity index is 707. The van der Waals surface area contributed by atoms with E-state index in [2.05, 4.69) is 36.9 Å². The summed E-state index contributed by atoms with van der Waals surface area (Å²) in [6.45, 7) is 4.79. The van der Waals surface area contributed by atoms with Crippen molar-refractivity contribution in [3.05, 3.63) is 58.5 Å². The molecule has 0 saturated heterocycles. The van der Waals surface area contributed by atoms with Crippen LogP contribution < -0.4 is 16.0 Å². The van der Waals surface area contributed by atoms with Crippen LogP contribution in [0.4, 0.5) is 0 Å². The van der Waals surface area contributed by atoms with Crippen LogP contribution in [0.1, 0.15) is 29.5 Å². The van der Waals surface area contributed by atoms with E-state index < -0.39 is 0 Å². The van der Waals surface area contributed by atoms with E-state index in [1.807, 2.05) is 31.2 Å². The number of benzene rings is 1. The number of hydrogen-bond acceptors (Lipinski definition) is 3. The van der Waals surface area contributed by atoms with Gasteiger partial charge in [-0.2, -0.15) is 0 Å². The van der Waals surface area contributed by atoms with E-state index in [4.69, 9.17) is 4.42 Å². The molecule has 1 aromatic heterocycles. The highest BCUT2D eigenvalue weighted by atomic mass is 127. The Labute approximate surface area is 185 Å². The number of carbonyl (C=O) groups excluding carboxylic acids is 1. The molecule has 2 rings (SSSR count). The molecule has 0 atom stereocenters. The number of nitrogens with one attached hydrogen (secondary N) is 3. The smallest absolute Gasteiger partial charge is 0.251 e. The average molecular weight is 549 g/mol. The molecule has 0 bridgehead atoms. The van der Waals surface area contributed by atoms with Crippen LogP contribution in [0.15, 0.2) is 56.5 Å². The van der Waals surface area contributed by atoms with Crippen LogP contribution in [-0.2, 0) is 6.42 Å². The molecule has 0 spiro atoms. The van der Waals surface area contributed by atoms with Gasteiger partial charge in [0.2, 0.25) is 0 Å². The highest BCUT2D eigenvalue weighted by molar-refractivity contribution is 14.0. The predicted octanol–water partition coefficient (Wildman–Crippen LogP) is 3.58. The number of rotatable bonds is 9. The summed E-state index contributed by atoms with van der Waals surface area (Å²) in [6.07, 6.45) is 3.26. The topological polar surface area (TPSA) is 78.7 Å². The third-order valence-electron chi connectivity index (χ3n) is 3.57. The Morgan fingerprint density at radius 2 is 2.00 bits per heavy atom. The molecule has 0 radical (unpaired) electrons. The molecule has 148 valence electrons. The molecule has 0 fully saturated rings. The van der Waals surface area contributed by atoms with Gasteiger partial charge in [-0.3, -0.25) is 9.79 Å². The number of nitrogens with zero attached hydrogens (tertiary/aromatic N) is 1. The van der Waals surface area contributed by atoms with E-state index in [1.54, 1.807) is 18.4 Å². The largest absolute Gasteiger partial charge is 0.469 e. The van der Waals surface area contributed by atoms with Gasteiger partial charge < -0.3 is 20.4 Å². The maximum Gasteiger partial charge on any atom is 0.251 e. The summed E-state index contributed by atoms with van der Waals surface area (Å²) >= 11 is 3.37. The van der Waals surface area contributed by atoms with Gasteiger partial charge in [0.25, 0.3) is 5.91 Å². The van der Waals surface area contributed by atoms with Gasteiger partial charge in [0, 0.05) is 42.6 Å². The van der Waals surface area contributed by atoms with Gasteiger partial charge in [-0.15, -0.1) is 24.0 Å². The van der Waals surface area contributed by atoms with Gasteiger partial charge in [0.1, 0.15) is 5.76 Å². The van der Waals surface area contributed by atoms with Crippen LogP contribution in [0.3, 0.4) is 0 Å². The van der Waals surface area contributed by atoms with Crippen LogP contribution in [-0.4, -0.2) is 38.0 Å². The Morgan fingerprint density at radius 3 is 2.70 bits per heavy atom. The number of guanidine groups is 1. The second-order valence-corrected chi connectivity index (χ2v) is 6.55. The number of furan rings is 1. The maximum absolute atomic E-state index is 12.0. The van der Waals surface area contributed by atoms with E-state index in [-0.39, 0.29) is 29.9 Å². The highest BCUT2D eigenvalue weighted by Crippen LogP contribution is 2.11. The van der Waals surface area contributed by atoms with E-state index in [0.29, 0.717) is 18.7 Å². The maximum atomic E-state index is 12.0. The van der Waals surface area contributed by atoms with Crippen molar-refractivity contribution in [3.63, 3.8) is 0 Å². The molecule has 6 nitrogen and oxygen atoms in total. The minimum Gasteiger partial charge on any atom is -0.469 e. The lowest BCUT2D eigenvalue weighted by Crippen LogP contribution is -2.38. The normalized spacial score (nSPS) is 10.8. The monoisotopic (exact) mass is 548 g/mol. The second kappa shape index (κ2) is 13.6. The first-order valence-electron chi connectivity index (χ1n) is 8.77. The summed E-state index contributed by atoms with van der Waals surface area (Å²) in [6, 6.07) is 11.2. The molecule has 0 aliphatic heterocycles. The number of halogens is 2. The van der Waals surface area contributed by atoms with Crippen molar-refractivity contribution in [3.8, 4) is 0 Å². The zero-order valence-electron chi connectivity index (χ0n) is 15.3. The second-order valence-electron chi connectivity index (χ2n) is 5.64. The minimum atomic E-state index is -0.0706. The highest BCUT2D eigenvalue weighted by Gasteiger charge is 2.04. The van der Waals surface area contributed by atoms with Gasteiger partial charge in [-0.1, -0.05) is 22.0 Å². The molecule has 0 aliphatic carbocycles. The quantitative estimate of drug-likeness (QED) is 0.194. The molecule has 0 aliphatic rings. The first-order valence-corrected chi connectivity index (χ1v) is 9.56. The summed E-state index contributed by atoms with van der Waals surface area (Å²) in [7, 11) is 0. The fourth-order valence-electron chi connectivity index (χ4n) is 2.30. The predicted molar refractivity (Wildman–Crippen MR) is 123 cm³/mol. The van der Waals surface area contributed by atoms with Crippen molar-refractivity contribution in [2.24, 2.45) is 4.99 Å². The lowest BCUT2D eigenvalue weighted by molar-refractivity contribution is 0.0953. The fraction of sp³-hybridized carbons (Fsp3) is 0.368. The molecular weight excluding hydrogens is 523 g/mol. The third kappa shape index (κ3) is 9.28. The standard InChI is InChI=1S/C19H25BrN4O2.HI/c1-2-21-19(24-12-9-17-8-4-13-26-17)23-11-5-10-22-18(25)15-6-3-7-16(20)14-15;/h3-4,6-8,13-14H,2,5,9-12H2,1H3,(H,22,25)(H2,21,23,24);1H. The summed E-state index contributed by atoms with van der Waals surface area (Å²) in [4.78, 5) is 16.6. The number of carbonyl (C=O) groups is 1. The minimum absolute atomic E-state index is 0. The summed E-state index contributed by atoms with van der Waals surface area (Å²) in [5.74, 6) is 1.65. The molecule has 27 heavy (non-hydrogen) atoms. The zero-order chi connectivity index (χ0) is 18.6. The van der Waals surface area contributed by atoms with E-state index >= 15 is 0 Å². The SMILES string of the molecule is CCNC(=NCCCNC(=O)c1cccc(Br)c1)NCCc1ccco1.I. The average Bonchev–Trinajstić information content (AvgIpc) is 3.14. The van der Waals surface area contributed by atoms with Crippen molar-refractivity contribution in [2.45, 2.75) is 19.8 Å². The number of aliphatic imine (C=N–C) groups is 1. The summed E-state index contributed by atoms with van der Waals surface area (Å²) < 4.78 is 6.21. The van der Waals surface area contributed by atoms with Crippen LogP contribution in [0.5, 0.6) is 0 Å². The molecule has 8 heteroatoms. The van der Waals surface area contributed by atoms with E-state index in [1.165, 1.54) is 0 Å². The Kier molecular flexibility index (Phi) is 11.8. The van der Waals surface area contributed by atoms with Gasteiger partial charge in [0.15, 0.2) is 5.96 Å². The van der Waals surface area contributed by atoms with Crippen molar-refractivity contribution in [2.75, 3.05) is 26.2 Å². The number of hydrogen-bond donors (Lipinski definition) is 3. The van der Waals surface area contributed by atoms with Crippen LogP contribution in [0, 0.1) is 0 Å². The van der Waals surface area contributed by atoms with Gasteiger partial charge >= 0.3 is 0 Å². The Morgan fingerprint density at radius 1 is 1.15 bits per heavy atom. The molecule has 2 aromatic rings. The molecule has 3 N–H and O–H groups in total. The van der Waals surface area contributed by atoms with Crippen LogP contribution >= 0.6 is 39.9 Å². The van der Waals surface area contributed by atoms with Gasteiger partial charge in [0.05, 0.1) is 6.26 Å². The third-order valence-corrected chi connectivity index (χ3v) is 4.06. The molecule has 1 amide bonds. The Balaban J connectivity index is 0.00000364. The first-order chi connectivity index (χ1) is 12.7.